The Bertz CT molecular complexity index is 483. The monoisotopic (exact) mass is 262 g/mol. The standard InChI is InChI=1S/C15H22N2O2/c1-15(2)10-19-13-7-6-11(5-4-8-16)9-12(13)17(3)14(15)18/h6-7,9H,4-5,8,10,16H2,1-3H3. The van der Waals surface area contributed by atoms with Gasteiger partial charge in [0.15, 0.2) is 0 Å². The van der Waals surface area contributed by atoms with E-state index in [-0.39, 0.29) is 5.91 Å². The molecule has 4 nitrogen and oxygen atoms in total. The third-order valence-electron chi connectivity index (χ3n) is 3.53. The van der Waals surface area contributed by atoms with E-state index in [0.29, 0.717) is 13.2 Å². The van der Waals surface area contributed by atoms with E-state index in [4.69, 9.17) is 10.5 Å². The molecule has 2 rings (SSSR count). The van der Waals surface area contributed by atoms with E-state index >= 15 is 0 Å². The van der Waals surface area contributed by atoms with E-state index in [9.17, 15) is 4.79 Å². The molecule has 0 bridgehead atoms. The second kappa shape index (κ2) is 5.21. The van der Waals surface area contributed by atoms with Crippen LogP contribution in [0.1, 0.15) is 25.8 Å². The highest BCUT2D eigenvalue weighted by atomic mass is 16.5. The number of carbonyl (C=O) groups is 1. The van der Waals surface area contributed by atoms with Crippen molar-refractivity contribution < 1.29 is 9.53 Å². The third-order valence-corrected chi connectivity index (χ3v) is 3.53. The number of amides is 1. The summed E-state index contributed by atoms with van der Waals surface area (Å²) < 4.78 is 5.78. The molecular formula is C15H22N2O2. The van der Waals surface area contributed by atoms with Gasteiger partial charge < -0.3 is 15.4 Å². The summed E-state index contributed by atoms with van der Waals surface area (Å²) in [5.41, 5.74) is 7.08. The van der Waals surface area contributed by atoms with Crippen molar-refractivity contribution in [3.05, 3.63) is 23.8 Å². The van der Waals surface area contributed by atoms with E-state index in [1.807, 2.05) is 39.1 Å². The molecule has 1 heterocycles. The number of carbonyl (C=O) groups excluding carboxylic acids is 1. The highest BCUT2D eigenvalue weighted by Crippen LogP contribution is 2.36. The minimum atomic E-state index is -0.495. The molecule has 1 aromatic rings. The van der Waals surface area contributed by atoms with Crippen LogP contribution in [0.2, 0.25) is 0 Å². The Morgan fingerprint density at radius 2 is 2.16 bits per heavy atom. The maximum absolute atomic E-state index is 12.4. The summed E-state index contributed by atoms with van der Waals surface area (Å²) in [5, 5.41) is 0. The lowest BCUT2D eigenvalue weighted by molar-refractivity contribution is -0.127. The molecule has 0 aromatic heterocycles. The average molecular weight is 262 g/mol. The quantitative estimate of drug-likeness (QED) is 0.906. The number of aryl methyl sites for hydroxylation is 1. The molecule has 0 atom stereocenters. The summed E-state index contributed by atoms with van der Waals surface area (Å²) in [4.78, 5) is 14.1. The molecule has 104 valence electrons. The smallest absolute Gasteiger partial charge is 0.235 e. The van der Waals surface area contributed by atoms with Gasteiger partial charge in [-0.2, -0.15) is 0 Å². The third kappa shape index (κ3) is 2.73. The number of ether oxygens (including phenoxy) is 1. The second-order valence-corrected chi connectivity index (χ2v) is 5.73. The minimum Gasteiger partial charge on any atom is -0.490 e. The van der Waals surface area contributed by atoms with E-state index in [1.165, 1.54) is 5.56 Å². The molecule has 19 heavy (non-hydrogen) atoms. The van der Waals surface area contributed by atoms with E-state index in [1.54, 1.807) is 4.90 Å². The van der Waals surface area contributed by atoms with Crippen molar-refractivity contribution in [3.63, 3.8) is 0 Å². The molecule has 1 aromatic carbocycles. The number of nitrogens with two attached hydrogens (primary N) is 1. The van der Waals surface area contributed by atoms with Gasteiger partial charge in [-0.15, -0.1) is 0 Å². The molecule has 1 aliphatic rings. The predicted molar refractivity (Wildman–Crippen MR) is 76.5 cm³/mol. The lowest BCUT2D eigenvalue weighted by Gasteiger charge is -2.24. The van der Waals surface area contributed by atoms with Gasteiger partial charge in [0.2, 0.25) is 5.91 Å². The zero-order valence-electron chi connectivity index (χ0n) is 11.9. The normalized spacial score (nSPS) is 17.7. The van der Waals surface area contributed by atoms with Crippen molar-refractivity contribution in [1.82, 2.24) is 0 Å². The van der Waals surface area contributed by atoms with Crippen LogP contribution < -0.4 is 15.4 Å². The summed E-state index contributed by atoms with van der Waals surface area (Å²) in [7, 11) is 1.81. The molecule has 0 fully saturated rings. The summed E-state index contributed by atoms with van der Waals surface area (Å²) >= 11 is 0. The van der Waals surface area contributed by atoms with Crippen LogP contribution >= 0.6 is 0 Å². The van der Waals surface area contributed by atoms with Gasteiger partial charge in [0.05, 0.1) is 11.1 Å². The molecule has 0 saturated carbocycles. The maximum Gasteiger partial charge on any atom is 0.235 e. The van der Waals surface area contributed by atoms with Crippen molar-refractivity contribution in [2.24, 2.45) is 11.1 Å². The molecule has 0 radical (unpaired) electrons. The summed E-state index contributed by atoms with van der Waals surface area (Å²) in [6.07, 6.45) is 1.87. The predicted octanol–water partition coefficient (Wildman–Crippen LogP) is 1.96. The molecular weight excluding hydrogens is 240 g/mol. The van der Waals surface area contributed by atoms with Gasteiger partial charge in [0.1, 0.15) is 12.4 Å². The van der Waals surface area contributed by atoms with Crippen molar-refractivity contribution in [2.45, 2.75) is 26.7 Å². The van der Waals surface area contributed by atoms with Crippen LogP contribution in [0.4, 0.5) is 5.69 Å². The fraction of sp³-hybridized carbons (Fsp3) is 0.533. The fourth-order valence-electron chi connectivity index (χ4n) is 2.29. The molecule has 0 aliphatic carbocycles. The van der Waals surface area contributed by atoms with Crippen LogP contribution in [0.25, 0.3) is 0 Å². The van der Waals surface area contributed by atoms with Gasteiger partial charge >= 0.3 is 0 Å². The Morgan fingerprint density at radius 3 is 2.84 bits per heavy atom. The number of nitrogens with zero attached hydrogens (tertiary/aromatic N) is 1. The van der Waals surface area contributed by atoms with Crippen molar-refractivity contribution in [1.29, 1.82) is 0 Å². The molecule has 0 unspecified atom stereocenters. The van der Waals surface area contributed by atoms with E-state index in [2.05, 4.69) is 0 Å². The Balaban J connectivity index is 2.34. The summed E-state index contributed by atoms with van der Waals surface area (Å²) in [5.74, 6) is 0.861. The average Bonchev–Trinajstić information content (AvgIpc) is 2.48. The zero-order chi connectivity index (χ0) is 14.0. The number of anilines is 1. The first-order valence-corrected chi connectivity index (χ1v) is 6.69. The maximum atomic E-state index is 12.4. The van der Waals surface area contributed by atoms with Crippen LogP contribution in [0.5, 0.6) is 5.75 Å². The van der Waals surface area contributed by atoms with Crippen molar-refractivity contribution >= 4 is 11.6 Å². The van der Waals surface area contributed by atoms with Crippen LogP contribution in [0, 0.1) is 5.41 Å². The molecule has 0 spiro atoms. The second-order valence-electron chi connectivity index (χ2n) is 5.73. The lowest BCUT2D eigenvalue weighted by atomic mass is 9.93. The Kier molecular flexibility index (Phi) is 3.80. The Morgan fingerprint density at radius 1 is 1.42 bits per heavy atom. The Hall–Kier alpha value is -1.55. The largest absolute Gasteiger partial charge is 0.490 e. The number of rotatable bonds is 3. The molecule has 1 amide bonds. The van der Waals surface area contributed by atoms with Gasteiger partial charge in [0, 0.05) is 7.05 Å². The first kappa shape index (κ1) is 13.9. The number of benzene rings is 1. The molecule has 0 saturated heterocycles. The highest BCUT2D eigenvalue weighted by Gasteiger charge is 2.35. The van der Waals surface area contributed by atoms with Gasteiger partial charge in [0.25, 0.3) is 0 Å². The summed E-state index contributed by atoms with van der Waals surface area (Å²) in [6.45, 7) is 4.90. The first-order valence-electron chi connectivity index (χ1n) is 6.69. The number of hydrogen-bond acceptors (Lipinski definition) is 3. The minimum absolute atomic E-state index is 0.0854. The van der Waals surface area contributed by atoms with Crippen LogP contribution in [0.3, 0.4) is 0 Å². The van der Waals surface area contributed by atoms with Crippen molar-refractivity contribution in [3.8, 4) is 5.75 Å². The van der Waals surface area contributed by atoms with Crippen LogP contribution in [-0.4, -0.2) is 26.1 Å². The zero-order valence-corrected chi connectivity index (χ0v) is 11.9. The SMILES string of the molecule is CN1C(=O)C(C)(C)COc2ccc(CCCN)cc21. The lowest BCUT2D eigenvalue weighted by Crippen LogP contribution is -2.39. The fourth-order valence-corrected chi connectivity index (χ4v) is 2.29. The van der Waals surface area contributed by atoms with Crippen molar-refractivity contribution in [2.75, 3.05) is 25.1 Å². The first-order chi connectivity index (χ1) is 8.95. The molecule has 4 heteroatoms. The summed E-state index contributed by atoms with van der Waals surface area (Å²) in [6, 6.07) is 6.03. The van der Waals surface area contributed by atoms with Gasteiger partial charge in [-0.1, -0.05) is 6.07 Å². The number of hydrogen-bond donors (Lipinski definition) is 1. The van der Waals surface area contributed by atoms with Crippen LogP contribution in [-0.2, 0) is 11.2 Å². The number of fused-ring (bicyclic) bond motifs is 1. The molecule has 1 aliphatic heterocycles. The highest BCUT2D eigenvalue weighted by molar-refractivity contribution is 5.98. The van der Waals surface area contributed by atoms with E-state index < -0.39 is 5.41 Å². The van der Waals surface area contributed by atoms with Gasteiger partial charge in [-0.3, -0.25) is 4.79 Å². The van der Waals surface area contributed by atoms with Gasteiger partial charge in [-0.05, 0) is 50.9 Å². The topological polar surface area (TPSA) is 55.6 Å². The van der Waals surface area contributed by atoms with E-state index in [0.717, 1.165) is 24.3 Å². The van der Waals surface area contributed by atoms with Crippen LogP contribution in [0.15, 0.2) is 18.2 Å². The van der Waals surface area contributed by atoms with Gasteiger partial charge in [-0.25, -0.2) is 0 Å². The Labute approximate surface area is 114 Å². The molecule has 2 N–H and O–H groups in total.